The second kappa shape index (κ2) is 5.93. The number of nitrogens with zero attached hydrogens (tertiary/aromatic N) is 2. The van der Waals surface area contributed by atoms with E-state index in [1.165, 1.54) is 6.07 Å². The first-order valence-corrected chi connectivity index (χ1v) is 9.99. The summed E-state index contributed by atoms with van der Waals surface area (Å²) < 4.78 is 46.4. The molecule has 132 valence electrons. The van der Waals surface area contributed by atoms with E-state index < -0.39 is 15.6 Å². The highest BCUT2D eigenvalue weighted by Crippen LogP contribution is 2.39. The van der Waals surface area contributed by atoms with Gasteiger partial charge in [0, 0.05) is 25.7 Å². The fourth-order valence-corrected chi connectivity index (χ4v) is 5.71. The minimum Gasteiger partial charge on any atom is -0.371 e. The van der Waals surface area contributed by atoms with E-state index in [1.54, 1.807) is 16.6 Å². The molecule has 1 saturated carbocycles. The van der Waals surface area contributed by atoms with Gasteiger partial charge in [0.15, 0.2) is 11.6 Å². The topological polar surface area (TPSA) is 71.5 Å². The van der Waals surface area contributed by atoms with E-state index >= 15 is 0 Å². The fraction of sp³-hybridized carbons (Fsp3) is 0.688. The summed E-state index contributed by atoms with van der Waals surface area (Å²) in [6.07, 6.45) is 5.40. The first-order valence-electron chi connectivity index (χ1n) is 8.49. The summed E-state index contributed by atoms with van der Waals surface area (Å²) in [5.74, 6) is -0.165. The number of nitrogens with one attached hydrogen (secondary N) is 1. The largest absolute Gasteiger partial charge is 0.371 e. The minimum atomic E-state index is -3.17. The number of anilines is 1. The molecular formula is C16H22FN3O3S. The van der Waals surface area contributed by atoms with Crippen molar-refractivity contribution in [2.24, 2.45) is 0 Å². The number of hydrogen-bond acceptors (Lipinski definition) is 5. The number of halogens is 1. The molecular weight excluding hydrogens is 333 g/mol. The fourth-order valence-electron chi connectivity index (χ4n) is 3.76. The summed E-state index contributed by atoms with van der Waals surface area (Å²) in [5.41, 5.74) is -0.455. The van der Waals surface area contributed by atoms with Crippen molar-refractivity contribution in [2.75, 3.05) is 25.0 Å². The Kier molecular flexibility index (Phi) is 4.01. The Labute approximate surface area is 141 Å². The number of aromatic nitrogens is 1. The van der Waals surface area contributed by atoms with Crippen molar-refractivity contribution in [3.8, 4) is 0 Å². The number of rotatable bonds is 4. The van der Waals surface area contributed by atoms with Crippen LogP contribution in [-0.2, 0) is 14.8 Å². The lowest BCUT2D eigenvalue weighted by atomic mass is 9.90. The molecule has 1 aromatic heterocycles. The first kappa shape index (κ1) is 16.2. The van der Waals surface area contributed by atoms with Crippen molar-refractivity contribution >= 4 is 15.8 Å². The maximum Gasteiger partial charge on any atom is 0.217 e. The molecule has 3 aliphatic rings. The normalized spacial score (nSPS) is 31.5. The minimum absolute atomic E-state index is 0.0574. The second-order valence-electron chi connectivity index (χ2n) is 7.05. The van der Waals surface area contributed by atoms with Crippen LogP contribution in [0.3, 0.4) is 0 Å². The zero-order valence-corrected chi connectivity index (χ0v) is 14.3. The van der Waals surface area contributed by atoms with E-state index in [-0.39, 0.29) is 22.9 Å². The van der Waals surface area contributed by atoms with Crippen molar-refractivity contribution in [1.82, 2.24) is 9.29 Å². The molecule has 1 spiro atoms. The van der Waals surface area contributed by atoms with Gasteiger partial charge in [0.25, 0.3) is 0 Å². The van der Waals surface area contributed by atoms with Gasteiger partial charge in [-0.25, -0.2) is 17.8 Å². The van der Waals surface area contributed by atoms with Crippen molar-refractivity contribution in [2.45, 2.75) is 49.0 Å². The quantitative estimate of drug-likeness (QED) is 0.891. The number of ether oxygens (including phenoxy) is 1. The van der Waals surface area contributed by atoms with Gasteiger partial charge in [-0.05, 0) is 37.8 Å². The Morgan fingerprint density at radius 1 is 1.42 bits per heavy atom. The molecule has 1 N–H and O–H groups in total. The van der Waals surface area contributed by atoms with Crippen LogP contribution in [0.2, 0.25) is 0 Å². The third kappa shape index (κ3) is 3.02. The van der Waals surface area contributed by atoms with Crippen LogP contribution in [0.15, 0.2) is 18.3 Å². The van der Waals surface area contributed by atoms with Crippen LogP contribution in [0.25, 0.3) is 0 Å². The summed E-state index contributed by atoms with van der Waals surface area (Å²) in [6.45, 7) is 1.43. The van der Waals surface area contributed by atoms with Crippen LogP contribution in [-0.4, -0.2) is 54.3 Å². The maximum atomic E-state index is 13.7. The monoisotopic (exact) mass is 355 g/mol. The molecule has 3 heterocycles. The zero-order chi connectivity index (χ0) is 16.8. The molecule has 3 fully saturated rings. The Bertz CT molecular complexity index is 725. The van der Waals surface area contributed by atoms with Crippen LogP contribution in [0.4, 0.5) is 10.2 Å². The molecule has 24 heavy (non-hydrogen) atoms. The third-order valence-corrected chi connectivity index (χ3v) is 7.46. The highest BCUT2D eigenvalue weighted by atomic mass is 32.2. The molecule has 0 radical (unpaired) electrons. The molecule has 2 atom stereocenters. The van der Waals surface area contributed by atoms with Gasteiger partial charge < -0.3 is 10.1 Å². The van der Waals surface area contributed by atoms with Crippen LogP contribution >= 0.6 is 0 Å². The van der Waals surface area contributed by atoms with Crippen molar-refractivity contribution < 1.29 is 17.5 Å². The molecule has 8 heteroatoms. The lowest BCUT2D eigenvalue weighted by Gasteiger charge is -2.39. The molecule has 1 aliphatic carbocycles. The molecule has 0 amide bonds. The van der Waals surface area contributed by atoms with Crippen molar-refractivity contribution in [3.63, 3.8) is 0 Å². The first-order chi connectivity index (χ1) is 11.5. The van der Waals surface area contributed by atoms with E-state index in [1.807, 2.05) is 0 Å². The molecule has 6 nitrogen and oxygen atoms in total. The summed E-state index contributed by atoms with van der Waals surface area (Å²) >= 11 is 0. The summed E-state index contributed by atoms with van der Waals surface area (Å²) in [5, 5.41) is 2.90. The van der Waals surface area contributed by atoms with Gasteiger partial charge in [0.2, 0.25) is 10.0 Å². The standard InChI is InChI=1S/C16H22FN3O3S/c17-14-3-1-7-18-15(14)19-12-9-16(23-10-12)6-2-8-20(11-16)24(21,22)13-4-5-13/h1,3,7,12-13H,2,4-6,8-11H2,(H,18,19)/t12-,16+/m1/s1. The van der Waals surface area contributed by atoms with Crippen LogP contribution < -0.4 is 5.32 Å². The Balaban J connectivity index is 1.44. The summed E-state index contributed by atoms with van der Waals surface area (Å²) in [7, 11) is -3.17. The number of pyridine rings is 1. The predicted molar refractivity (Wildman–Crippen MR) is 87.7 cm³/mol. The van der Waals surface area contributed by atoms with Crippen LogP contribution in [0.5, 0.6) is 0 Å². The highest BCUT2D eigenvalue weighted by Gasteiger charge is 2.49. The Morgan fingerprint density at radius 3 is 3.00 bits per heavy atom. The van der Waals surface area contributed by atoms with Crippen LogP contribution in [0, 0.1) is 5.82 Å². The molecule has 2 saturated heterocycles. The predicted octanol–water partition coefficient (Wildman–Crippen LogP) is 1.75. The second-order valence-corrected chi connectivity index (χ2v) is 9.27. The summed E-state index contributed by atoms with van der Waals surface area (Å²) in [4.78, 5) is 4.01. The van der Waals surface area contributed by atoms with Crippen molar-refractivity contribution in [3.05, 3.63) is 24.1 Å². The van der Waals surface area contributed by atoms with Gasteiger partial charge in [-0.1, -0.05) is 0 Å². The molecule has 1 aromatic rings. The Hall–Kier alpha value is -1.25. The lowest BCUT2D eigenvalue weighted by Crippen LogP contribution is -2.51. The number of hydrogen-bond donors (Lipinski definition) is 1. The average Bonchev–Trinajstić information content (AvgIpc) is 3.36. The van der Waals surface area contributed by atoms with E-state index in [0.717, 1.165) is 25.7 Å². The van der Waals surface area contributed by atoms with E-state index in [4.69, 9.17) is 4.74 Å². The molecule has 4 rings (SSSR count). The average molecular weight is 355 g/mol. The molecule has 0 bridgehead atoms. The maximum absolute atomic E-state index is 13.7. The molecule has 0 unspecified atom stereocenters. The van der Waals surface area contributed by atoms with Gasteiger partial charge in [-0.3, -0.25) is 0 Å². The van der Waals surface area contributed by atoms with E-state index in [9.17, 15) is 12.8 Å². The van der Waals surface area contributed by atoms with Gasteiger partial charge in [0.05, 0.1) is 23.5 Å². The van der Waals surface area contributed by atoms with Gasteiger partial charge in [0.1, 0.15) is 0 Å². The zero-order valence-electron chi connectivity index (χ0n) is 13.4. The summed E-state index contributed by atoms with van der Waals surface area (Å²) in [6, 6.07) is 2.86. The lowest BCUT2D eigenvalue weighted by molar-refractivity contribution is -0.0329. The van der Waals surface area contributed by atoms with Gasteiger partial charge in [-0.15, -0.1) is 0 Å². The number of sulfonamides is 1. The van der Waals surface area contributed by atoms with E-state index in [0.29, 0.717) is 26.1 Å². The molecule has 2 aliphatic heterocycles. The Morgan fingerprint density at radius 2 is 2.25 bits per heavy atom. The number of piperidine rings is 1. The smallest absolute Gasteiger partial charge is 0.217 e. The van der Waals surface area contributed by atoms with Gasteiger partial charge >= 0.3 is 0 Å². The van der Waals surface area contributed by atoms with E-state index in [2.05, 4.69) is 10.3 Å². The van der Waals surface area contributed by atoms with Crippen LogP contribution in [0.1, 0.15) is 32.1 Å². The third-order valence-electron chi connectivity index (χ3n) is 5.12. The van der Waals surface area contributed by atoms with Gasteiger partial charge in [-0.2, -0.15) is 4.31 Å². The van der Waals surface area contributed by atoms with Crippen molar-refractivity contribution in [1.29, 1.82) is 0 Å². The highest BCUT2D eigenvalue weighted by molar-refractivity contribution is 7.90. The molecule has 0 aromatic carbocycles. The SMILES string of the molecule is O=S(=O)(C1CC1)N1CCC[C@]2(C[C@@H](Nc3ncccc3F)CO2)C1.